The van der Waals surface area contributed by atoms with Gasteiger partial charge in [-0.25, -0.2) is 4.79 Å². The fourth-order valence-electron chi connectivity index (χ4n) is 4.35. The molecule has 1 saturated heterocycles. The van der Waals surface area contributed by atoms with Gasteiger partial charge in [0.15, 0.2) is 0 Å². The van der Waals surface area contributed by atoms with Gasteiger partial charge in [-0.2, -0.15) is 0 Å². The number of rotatable bonds is 6. The number of fused-ring (bicyclic) bond motifs is 1. The molecule has 1 atom stereocenters. The van der Waals surface area contributed by atoms with Crippen LogP contribution in [0.3, 0.4) is 0 Å². The second kappa shape index (κ2) is 11.0. The largest absolute Gasteiger partial charge is 0.494 e. The lowest BCUT2D eigenvalue weighted by molar-refractivity contribution is -0.126. The maximum atomic E-state index is 13.3. The predicted molar refractivity (Wildman–Crippen MR) is 133 cm³/mol. The molecule has 0 aliphatic carbocycles. The summed E-state index contributed by atoms with van der Waals surface area (Å²) in [6.45, 7) is 6.75. The molecular weight excluding hydrogens is 454 g/mol. The molecule has 0 saturated carbocycles. The van der Waals surface area contributed by atoms with E-state index in [2.05, 4.69) is 12.2 Å². The summed E-state index contributed by atoms with van der Waals surface area (Å²) in [4.78, 5) is 29.6. The SMILES string of the molecule is CCCOc1ccc(CNC(=O)C2CCN(C(=O)N3CC(C)Oc4ccc(Cl)cc43)CC2)cc1. The van der Waals surface area contributed by atoms with Crippen LogP contribution in [0.4, 0.5) is 10.5 Å². The van der Waals surface area contributed by atoms with Crippen molar-refractivity contribution in [3.63, 3.8) is 0 Å². The lowest BCUT2D eigenvalue weighted by Gasteiger charge is -2.39. The smallest absolute Gasteiger partial charge is 0.324 e. The van der Waals surface area contributed by atoms with Crippen LogP contribution < -0.4 is 19.7 Å². The number of carbonyl (C=O) groups excluding carboxylic acids is 2. The van der Waals surface area contributed by atoms with E-state index in [0.29, 0.717) is 62.1 Å². The molecule has 4 rings (SSSR count). The Labute approximate surface area is 206 Å². The number of benzene rings is 2. The highest BCUT2D eigenvalue weighted by atomic mass is 35.5. The minimum Gasteiger partial charge on any atom is -0.494 e. The summed E-state index contributed by atoms with van der Waals surface area (Å²) in [7, 11) is 0. The predicted octanol–water partition coefficient (Wildman–Crippen LogP) is 4.86. The molecule has 1 N–H and O–H groups in total. The molecule has 2 aromatic carbocycles. The van der Waals surface area contributed by atoms with Gasteiger partial charge in [0, 0.05) is 30.6 Å². The first kappa shape index (κ1) is 24.2. The van der Waals surface area contributed by atoms with Gasteiger partial charge < -0.3 is 19.7 Å². The van der Waals surface area contributed by atoms with E-state index in [1.807, 2.05) is 36.1 Å². The molecule has 0 aromatic heterocycles. The topological polar surface area (TPSA) is 71.1 Å². The molecular formula is C26H32ClN3O4. The monoisotopic (exact) mass is 485 g/mol. The number of carbonyl (C=O) groups is 2. The maximum Gasteiger partial charge on any atom is 0.324 e. The summed E-state index contributed by atoms with van der Waals surface area (Å²) in [6, 6.07) is 13.1. The van der Waals surface area contributed by atoms with E-state index < -0.39 is 0 Å². The number of nitrogens with one attached hydrogen (secondary N) is 1. The Bertz CT molecular complexity index is 1010. The molecule has 0 spiro atoms. The third-order valence-electron chi connectivity index (χ3n) is 6.21. The zero-order valence-electron chi connectivity index (χ0n) is 19.8. The second-order valence-corrected chi connectivity index (χ2v) is 9.34. The van der Waals surface area contributed by atoms with Gasteiger partial charge in [-0.05, 0) is 62.1 Å². The molecule has 182 valence electrons. The van der Waals surface area contributed by atoms with Crippen LogP contribution in [0, 0.1) is 5.92 Å². The van der Waals surface area contributed by atoms with Gasteiger partial charge in [0.25, 0.3) is 0 Å². The number of hydrogen-bond acceptors (Lipinski definition) is 4. The lowest BCUT2D eigenvalue weighted by atomic mass is 9.96. The van der Waals surface area contributed by atoms with Crippen LogP contribution >= 0.6 is 11.6 Å². The summed E-state index contributed by atoms with van der Waals surface area (Å²) >= 11 is 6.17. The van der Waals surface area contributed by atoms with Crippen molar-refractivity contribution in [2.75, 3.05) is 31.1 Å². The van der Waals surface area contributed by atoms with Gasteiger partial charge in [0.05, 0.1) is 18.8 Å². The summed E-state index contributed by atoms with van der Waals surface area (Å²) in [6.07, 6.45) is 2.15. The van der Waals surface area contributed by atoms with Crippen LogP contribution in [0.15, 0.2) is 42.5 Å². The van der Waals surface area contributed by atoms with Gasteiger partial charge in [0.2, 0.25) is 5.91 Å². The zero-order chi connectivity index (χ0) is 24.1. The van der Waals surface area contributed by atoms with Crippen LogP contribution in [0.1, 0.15) is 38.7 Å². The number of hydrogen-bond donors (Lipinski definition) is 1. The molecule has 7 nitrogen and oxygen atoms in total. The summed E-state index contributed by atoms with van der Waals surface area (Å²) in [5.74, 6) is 1.45. The van der Waals surface area contributed by atoms with E-state index in [-0.39, 0.29) is 24.0 Å². The molecule has 2 aromatic rings. The Hall–Kier alpha value is -2.93. The number of nitrogens with zero attached hydrogens (tertiary/aromatic N) is 2. The molecule has 3 amide bonds. The van der Waals surface area contributed by atoms with Crippen LogP contribution in [-0.4, -0.2) is 49.2 Å². The molecule has 34 heavy (non-hydrogen) atoms. The molecule has 8 heteroatoms. The van der Waals surface area contributed by atoms with Gasteiger partial charge in [-0.1, -0.05) is 30.7 Å². The number of halogens is 1. The first-order valence-electron chi connectivity index (χ1n) is 12.0. The van der Waals surface area contributed by atoms with Crippen molar-refractivity contribution in [2.45, 2.75) is 45.8 Å². The molecule has 2 heterocycles. The molecule has 2 aliphatic heterocycles. The van der Waals surface area contributed by atoms with Crippen molar-refractivity contribution in [1.82, 2.24) is 10.2 Å². The molecule has 2 aliphatic rings. The highest BCUT2D eigenvalue weighted by Crippen LogP contribution is 2.36. The number of likely N-dealkylation sites (tertiary alicyclic amines) is 1. The molecule has 1 fully saturated rings. The van der Waals surface area contributed by atoms with Crippen LogP contribution in [0.2, 0.25) is 5.02 Å². The van der Waals surface area contributed by atoms with Crippen LogP contribution in [0.5, 0.6) is 11.5 Å². The van der Waals surface area contributed by atoms with Gasteiger partial charge >= 0.3 is 6.03 Å². The van der Waals surface area contributed by atoms with Crippen molar-refractivity contribution in [3.8, 4) is 11.5 Å². The Morgan fingerprint density at radius 2 is 1.88 bits per heavy atom. The van der Waals surface area contributed by atoms with Crippen molar-refractivity contribution < 1.29 is 19.1 Å². The third kappa shape index (κ3) is 5.76. The molecule has 0 bridgehead atoms. The average molecular weight is 486 g/mol. The van der Waals surface area contributed by atoms with E-state index in [1.54, 1.807) is 23.1 Å². The minimum atomic E-state index is -0.104. The Morgan fingerprint density at radius 1 is 1.15 bits per heavy atom. The van der Waals surface area contributed by atoms with Gasteiger partial charge in [0.1, 0.15) is 17.6 Å². The number of ether oxygens (including phenoxy) is 2. The fraction of sp³-hybridized carbons (Fsp3) is 0.462. The first-order chi connectivity index (χ1) is 16.4. The molecule has 0 radical (unpaired) electrons. The summed E-state index contributed by atoms with van der Waals surface area (Å²) in [5, 5.41) is 3.60. The standard InChI is InChI=1S/C26H32ClN3O4/c1-3-14-33-22-7-4-19(5-8-22)16-28-25(31)20-10-12-29(13-11-20)26(32)30-17-18(2)34-24-9-6-21(27)15-23(24)30/h4-9,15,18,20H,3,10-14,16-17H2,1-2H3,(H,28,31). The maximum absolute atomic E-state index is 13.3. The quantitative estimate of drug-likeness (QED) is 0.634. The summed E-state index contributed by atoms with van der Waals surface area (Å²) in [5.41, 5.74) is 1.73. The van der Waals surface area contributed by atoms with Crippen molar-refractivity contribution in [3.05, 3.63) is 53.1 Å². The Balaban J connectivity index is 1.28. The second-order valence-electron chi connectivity index (χ2n) is 8.91. The van der Waals surface area contributed by atoms with Crippen molar-refractivity contribution in [1.29, 1.82) is 0 Å². The van der Waals surface area contributed by atoms with E-state index in [1.165, 1.54) is 0 Å². The van der Waals surface area contributed by atoms with E-state index >= 15 is 0 Å². The zero-order valence-corrected chi connectivity index (χ0v) is 20.5. The third-order valence-corrected chi connectivity index (χ3v) is 6.44. The van der Waals surface area contributed by atoms with Crippen molar-refractivity contribution >= 4 is 29.2 Å². The fourth-order valence-corrected chi connectivity index (χ4v) is 4.52. The number of amides is 3. The average Bonchev–Trinajstić information content (AvgIpc) is 2.86. The summed E-state index contributed by atoms with van der Waals surface area (Å²) < 4.78 is 11.5. The van der Waals surface area contributed by atoms with Gasteiger partial charge in [-0.15, -0.1) is 0 Å². The van der Waals surface area contributed by atoms with E-state index in [0.717, 1.165) is 17.7 Å². The van der Waals surface area contributed by atoms with Crippen LogP contribution in [-0.2, 0) is 11.3 Å². The van der Waals surface area contributed by atoms with Crippen molar-refractivity contribution in [2.24, 2.45) is 5.92 Å². The van der Waals surface area contributed by atoms with E-state index in [4.69, 9.17) is 21.1 Å². The lowest BCUT2D eigenvalue weighted by Crippen LogP contribution is -2.52. The number of urea groups is 1. The van der Waals surface area contributed by atoms with E-state index in [9.17, 15) is 9.59 Å². The Morgan fingerprint density at radius 3 is 2.59 bits per heavy atom. The van der Waals surface area contributed by atoms with Crippen LogP contribution in [0.25, 0.3) is 0 Å². The first-order valence-corrected chi connectivity index (χ1v) is 12.3. The Kier molecular flexibility index (Phi) is 7.83. The normalized spacial score (nSPS) is 18.1. The van der Waals surface area contributed by atoms with Gasteiger partial charge in [-0.3, -0.25) is 9.69 Å². The molecule has 1 unspecified atom stereocenters. The number of piperidine rings is 1. The highest BCUT2D eigenvalue weighted by molar-refractivity contribution is 6.31. The highest BCUT2D eigenvalue weighted by Gasteiger charge is 2.34. The number of anilines is 1. The minimum absolute atomic E-state index is 0.0375.